The molecule has 0 aliphatic rings. The first kappa shape index (κ1) is 13.2. The van der Waals surface area contributed by atoms with E-state index in [1.807, 2.05) is 6.92 Å². The third-order valence-corrected chi connectivity index (χ3v) is 5.15. The Balaban J connectivity index is 4.18. The summed E-state index contributed by atoms with van der Waals surface area (Å²) in [4.78, 5) is 0. The zero-order chi connectivity index (χ0) is 10.5. The average molecular weight is 230 g/mol. The van der Waals surface area contributed by atoms with Gasteiger partial charge in [-0.25, -0.2) is 0 Å². The molecule has 0 spiro atoms. The van der Waals surface area contributed by atoms with Crippen LogP contribution in [0.5, 0.6) is 0 Å². The minimum atomic E-state index is -3.40. The molecule has 0 aromatic carbocycles. The van der Waals surface area contributed by atoms with Crippen molar-refractivity contribution in [1.29, 1.82) is 0 Å². The Morgan fingerprint density at radius 2 is 1.77 bits per heavy atom. The number of rotatable bonds is 6. The average Bonchev–Trinajstić information content (AvgIpc) is 1.99. The van der Waals surface area contributed by atoms with Crippen LogP contribution in [0.25, 0.3) is 0 Å². The molecule has 0 aliphatic carbocycles. The second-order valence-corrected chi connectivity index (χ2v) is 7.68. The Kier molecular flexibility index (Phi) is 5.28. The number of hydrogen-bond acceptors (Lipinski definition) is 4. The molecule has 0 saturated carbocycles. The molecule has 0 aliphatic heterocycles. The third kappa shape index (κ3) is 6.31. The van der Waals surface area contributed by atoms with Crippen LogP contribution < -0.4 is 0 Å². The summed E-state index contributed by atoms with van der Waals surface area (Å²) in [5, 5.41) is 0. The van der Waals surface area contributed by atoms with Crippen LogP contribution in [0.3, 0.4) is 0 Å². The van der Waals surface area contributed by atoms with E-state index in [4.69, 9.17) is 7.81 Å². The summed E-state index contributed by atoms with van der Waals surface area (Å²) >= 11 is 0. The molecule has 4 nitrogen and oxygen atoms in total. The highest BCUT2D eigenvalue weighted by atomic mass is 32.3. The molecule has 82 valence electrons. The van der Waals surface area contributed by atoms with Gasteiger partial charge in [-0.1, -0.05) is 13.3 Å². The molecule has 0 fully saturated rings. The Morgan fingerprint density at radius 1 is 1.23 bits per heavy atom. The summed E-state index contributed by atoms with van der Waals surface area (Å²) in [6, 6.07) is 0. The first-order chi connectivity index (χ1) is 5.83. The maximum Gasteiger partial charge on any atom is 0.285 e. The lowest BCUT2D eigenvalue weighted by Crippen LogP contribution is -2.14. The quantitative estimate of drug-likeness (QED) is 0.696. The summed E-state index contributed by atoms with van der Waals surface area (Å²) in [5.41, 5.74) is 0. The molecular weight excluding hydrogens is 212 g/mol. The van der Waals surface area contributed by atoms with E-state index in [-0.39, 0.29) is 5.75 Å². The molecule has 0 unspecified atom stereocenters. The van der Waals surface area contributed by atoms with Crippen LogP contribution in [-0.4, -0.2) is 33.8 Å². The van der Waals surface area contributed by atoms with Crippen LogP contribution in [-0.2, 0) is 17.9 Å². The van der Waals surface area contributed by atoms with Gasteiger partial charge < -0.3 is 0 Å². The summed E-state index contributed by atoms with van der Waals surface area (Å²) in [6.07, 6.45) is 4.76. The van der Waals surface area contributed by atoms with Crippen LogP contribution in [0.15, 0.2) is 0 Å². The lowest BCUT2D eigenvalue weighted by atomic mass is 10.4. The van der Waals surface area contributed by atoms with Crippen molar-refractivity contribution in [2.75, 3.05) is 25.4 Å². The minimum Gasteiger partial charge on any atom is -0.287 e. The van der Waals surface area contributed by atoms with Crippen molar-refractivity contribution in [3.8, 4) is 0 Å². The van der Waals surface area contributed by atoms with Crippen molar-refractivity contribution in [2.45, 2.75) is 19.8 Å². The van der Waals surface area contributed by atoms with E-state index in [0.717, 1.165) is 6.42 Å². The van der Waals surface area contributed by atoms with Gasteiger partial charge >= 0.3 is 0 Å². The molecule has 0 N–H and O–H groups in total. The highest BCUT2D eigenvalue weighted by Crippen LogP contribution is 2.43. The summed E-state index contributed by atoms with van der Waals surface area (Å²) in [6.45, 7) is 1.93. The van der Waals surface area contributed by atoms with Crippen LogP contribution in [0.2, 0.25) is 0 Å². The minimum absolute atomic E-state index is 0.0727. The molecule has 0 atom stereocenters. The van der Waals surface area contributed by atoms with Crippen LogP contribution in [0.1, 0.15) is 19.8 Å². The standard InChI is InChI=1S/C7H18O4S2/c1-5-6-7-13(8,9)11-12(3,4)10-2/h5-7H2,1-4H3. The predicted molar refractivity (Wildman–Crippen MR) is 56.2 cm³/mol. The molecule has 0 heterocycles. The monoisotopic (exact) mass is 230 g/mol. The van der Waals surface area contributed by atoms with Gasteiger partial charge in [-0.05, 0) is 6.42 Å². The first-order valence-corrected chi connectivity index (χ1v) is 7.93. The molecule has 6 heteroatoms. The zero-order valence-electron chi connectivity index (χ0n) is 8.57. The van der Waals surface area contributed by atoms with Crippen molar-refractivity contribution in [2.24, 2.45) is 0 Å². The van der Waals surface area contributed by atoms with Crippen molar-refractivity contribution >= 4 is 20.7 Å². The van der Waals surface area contributed by atoms with Crippen molar-refractivity contribution in [3.05, 3.63) is 0 Å². The maximum absolute atomic E-state index is 11.3. The van der Waals surface area contributed by atoms with Gasteiger partial charge in [0.05, 0.1) is 12.9 Å². The fourth-order valence-corrected chi connectivity index (χ4v) is 3.77. The van der Waals surface area contributed by atoms with Gasteiger partial charge in [0.15, 0.2) is 0 Å². The predicted octanol–water partition coefficient (Wildman–Crippen LogP) is 1.67. The lowest BCUT2D eigenvalue weighted by Gasteiger charge is -2.31. The highest BCUT2D eigenvalue weighted by Gasteiger charge is 2.18. The van der Waals surface area contributed by atoms with E-state index in [9.17, 15) is 8.42 Å². The van der Waals surface area contributed by atoms with E-state index >= 15 is 0 Å². The van der Waals surface area contributed by atoms with Gasteiger partial charge in [-0.15, -0.1) is 0 Å². The van der Waals surface area contributed by atoms with Crippen molar-refractivity contribution in [1.82, 2.24) is 0 Å². The van der Waals surface area contributed by atoms with Gasteiger partial charge in [0.25, 0.3) is 10.1 Å². The molecule has 0 rings (SSSR count). The Labute approximate surface area is 82.5 Å². The van der Waals surface area contributed by atoms with E-state index in [1.165, 1.54) is 7.11 Å². The zero-order valence-corrected chi connectivity index (χ0v) is 10.2. The second-order valence-electron chi connectivity index (χ2n) is 2.99. The van der Waals surface area contributed by atoms with Gasteiger partial charge in [0, 0.05) is 12.5 Å². The van der Waals surface area contributed by atoms with E-state index < -0.39 is 20.7 Å². The first-order valence-electron chi connectivity index (χ1n) is 4.05. The van der Waals surface area contributed by atoms with Gasteiger partial charge in [0.2, 0.25) is 0 Å². The van der Waals surface area contributed by atoms with E-state index in [0.29, 0.717) is 6.42 Å². The Bertz CT molecular complexity index is 233. The normalized spacial score (nSPS) is 14.5. The highest BCUT2D eigenvalue weighted by molar-refractivity contribution is 8.28. The molecule has 13 heavy (non-hydrogen) atoms. The van der Waals surface area contributed by atoms with E-state index in [2.05, 4.69) is 0 Å². The molecular formula is C7H18O4S2. The fourth-order valence-electron chi connectivity index (χ4n) is 0.633. The Morgan fingerprint density at radius 3 is 2.15 bits per heavy atom. The largest absolute Gasteiger partial charge is 0.287 e. The second kappa shape index (κ2) is 5.19. The smallest absolute Gasteiger partial charge is 0.285 e. The number of unbranched alkanes of at least 4 members (excludes halogenated alkanes) is 1. The third-order valence-electron chi connectivity index (χ3n) is 1.42. The Hall–Kier alpha value is 0.220. The summed E-state index contributed by atoms with van der Waals surface area (Å²) < 4.78 is 32.4. The fraction of sp³-hybridized carbons (Fsp3) is 1.00. The topological polar surface area (TPSA) is 52.6 Å². The SMILES string of the molecule is CCCCS(=O)(=O)OS(C)(C)OC. The van der Waals surface area contributed by atoms with Gasteiger partial charge in [-0.2, -0.15) is 22.6 Å². The van der Waals surface area contributed by atoms with Crippen molar-refractivity contribution in [3.63, 3.8) is 0 Å². The number of hydrogen-bond donors (Lipinski definition) is 0. The van der Waals surface area contributed by atoms with Gasteiger partial charge in [0.1, 0.15) is 0 Å². The molecule has 0 amide bonds. The van der Waals surface area contributed by atoms with Gasteiger partial charge in [-0.3, -0.25) is 4.18 Å². The summed E-state index contributed by atoms with van der Waals surface area (Å²) in [7, 11) is -3.85. The van der Waals surface area contributed by atoms with Crippen LogP contribution in [0.4, 0.5) is 0 Å². The summed E-state index contributed by atoms with van der Waals surface area (Å²) in [5.74, 6) is 0.0727. The molecule has 0 aromatic rings. The molecule has 0 aromatic heterocycles. The maximum atomic E-state index is 11.3. The van der Waals surface area contributed by atoms with Crippen molar-refractivity contribution < 1.29 is 16.2 Å². The molecule has 0 saturated heterocycles. The van der Waals surface area contributed by atoms with E-state index in [1.54, 1.807) is 12.5 Å². The van der Waals surface area contributed by atoms with Crippen LogP contribution in [0, 0.1) is 0 Å². The lowest BCUT2D eigenvalue weighted by molar-refractivity contribution is 0.405. The molecule has 0 radical (unpaired) electrons. The molecule has 0 bridgehead atoms. The van der Waals surface area contributed by atoms with Crippen LogP contribution >= 0.6 is 10.6 Å².